The molecule has 2 rings (SSSR count). The van der Waals surface area contributed by atoms with Crippen LogP contribution >= 0.6 is 11.6 Å². The van der Waals surface area contributed by atoms with Gasteiger partial charge in [0.2, 0.25) is 10.0 Å². The number of benzene rings is 1. The Balaban J connectivity index is 2.36. The third-order valence-electron chi connectivity index (χ3n) is 2.63. The number of halogens is 1. The molecule has 2 N–H and O–H groups in total. The molecule has 112 valence electrons. The van der Waals surface area contributed by atoms with Gasteiger partial charge < -0.3 is 5.11 Å². The van der Waals surface area contributed by atoms with Crippen molar-refractivity contribution < 1.29 is 18.3 Å². The van der Waals surface area contributed by atoms with Crippen LogP contribution in [0.2, 0.25) is 5.02 Å². The summed E-state index contributed by atoms with van der Waals surface area (Å²) in [5.74, 6) is -1.46. The summed E-state index contributed by atoms with van der Waals surface area (Å²) >= 11 is 5.91. The lowest BCUT2D eigenvalue weighted by Crippen LogP contribution is -2.32. The Morgan fingerprint density at radius 2 is 2.19 bits per heavy atom. The third-order valence-corrected chi connectivity index (χ3v) is 4.60. The van der Waals surface area contributed by atoms with E-state index in [0.29, 0.717) is 5.69 Å². The average molecular weight is 332 g/mol. The van der Waals surface area contributed by atoms with Gasteiger partial charge in [0.1, 0.15) is 6.33 Å². The number of anilines is 1. The molecule has 21 heavy (non-hydrogen) atoms. The van der Waals surface area contributed by atoms with E-state index in [0.717, 1.165) is 6.92 Å². The first-order valence-electron chi connectivity index (χ1n) is 5.58. The van der Waals surface area contributed by atoms with Gasteiger partial charge in [0.25, 0.3) is 0 Å². The molecule has 0 radical (unpaired) electrons. The first-order valence-corrected chi connectivity index (χ1v) is 7.51. The number of rotatable bonds is 5. The number of carboxylic acids is 1. The maximum Gasteiger partial charge on any atom is 0.323 e. The second-order valence-electron chi connectivity index (χ2n) is 4.05. The normalized spacial score (nSPS) is 12.9. The van der Waals surface area contributed by atoms with E-state index in [-0.39, 0.29) is 10.7 Å². The summed E-state index contributed by atoms with van der Waals surface area (Å²) in [6, 6.07) is 4.42. The van der Waals surface area contributed by atoms with Crippen molar-refractivity contribution in [1.29, 1.82) is 0 Å². The monoisotopic (exact) mass is 331 g/mol. The zero-order valence-corrected chi connectivity index (χ0v) is 12.2. The predicted octanol–water partition coefficient (Wildman–Crippen LogP) is 0.530. The Labute approximate surface area is 124 Å². The van der Waals surface area contributed by atoms with E-state index in [4.69, 9.17) is 16.7 Å². The van der Waals surface area contributed by atoms with E-state index in [1.165, 1.54) is 23.1 Å². The number of nitrogens with one attached hydrogen (secondary N) is 1. The van der Waals surface area contributed by atoms with Gasteiger partial charge in [0.05, 0.1) is 16.4 Å². The molecule has 9 nitrogen and oxygen atoms in total. The molecule has 2 aromatic rings. The maximum absolute atomic E-state index is 11.9. The van der Waals surface area contributed by atoms with Crippen LogP contribution in [-0.4, -0.2) is 45.0 Å². The molecular weight excluding hydrogens is 322 g/mol. The zero-order valence-electron chi connectivity index (χ0n) is 10.6. The smallest absolute Gasteiger partial charge is 0.323 e. The van der Waals surface area contributed by atoms with Crippen molar-refractivity contribution in [2.24, 2.45) is 0 Å². The van der Waals surface area contributed by atoms with Crippen LogP contribution in [-0.2, 0) is 14.8 Å². The minimum atomic E-state index is -4.12. The molecule has 0 aliphatic rings. The van der Waals surface area contributed by atoms with E-state index in [1.54, 1.807) is 6.07 Å². The van der Waals surface area contributed by atoms with Gasteiger partial charge in [-0.15, -0.1) is 5.10 Å². The standard InChI is InChI=1S/C10H10ClN5O4S/c1-6(10(17)18)21(19,20)13-9-4-7(2-3-8(9)11)16-5-12-14-15-16/h2-6,13H,1H3,(H,17,18). The van der Waals surface area contributed by atoms with E-state index >= 15 is 0 Å². The van der Waals surface area contributed by atoms with Gasteiger partial charge >= 0.3 is 5.97 Å². The van der Waals surface area contributed by atoms with Crippen LogP contribution in [0.25, 0.3) is 5.69 Å². The van der Waals surface area contributed by atoms with Crippen LogP contribution < -0.4 is 4.72 Å². The molecule has 0 saturated heterocycles. The molecule has 0 aliphatic heterocycles. The van der Waals surface area contributed by atoms with Crippen molar-refractivity contribution >= 4 is 33.3 Å². The number of carboxylic acid groups (broad SMARTS) is 1. The number of hydrogen-bond donors (Lipinski definition) is 2. The van der Waals surface area contributed by atoms with Gasteiger partial charge in [-0.2, -0.15) is 0 Å². The molecule has 11 heteroatoms. The number of hydrogen-bond acceptors (Lipinski definition) is 6. The number of tetrazole rings is 1. The second kappa shape index (κ2) is 5.66. The summed E-state index contributed by atoms with van der Waals surface area (Å²) in [5.41, 5.74) is 0.503. The van der Waals surface area contributed by atoms with Gasteiger partial charge in [-0.25, -0.2) is 13.1 Å². The molecule has 0 amide bonds. The Morgan fingerprint density at radius 3 is 2.76 bits per heavy atom. The third kappa shape index (κ3) is 3.28. The van der Waals surface area contributed by atoms with Crippen LogP contribution in [0.1, 0.15) is 6.92 Å². The van der Waals surface area contributed by atoms with E-state index in [2.05, 4.69) is 20.2 Å². The fraction of sp³-hybridized carbons (Fsp3) is 0.200. The summed E-state index contributed by atoms with van der Waals surface area (Å²) in [6.07, 6.45) is 1.32. The lowest BCUT2D eigenvalue weighted by Gasteiger charge is -2.13. The van der Waals surface area contributed by atoms with Crippen molar-refractivity contribution in [3.8, 4) is 5.69 Å². The highest BCUT2D eigenvalue weighted by Gasteiger charge is 2.28. The highest BCUT2D eigenvalue weighted by atomic mass is 35.5. The van der Waals surface area contributed by atoms with Crippen LogP contribution in [0.4, 0.5) is 5.69 Å². The van der Waals surface area contributed by atoms with Gasteiger partial charge in [0.15, 0.2) is 5.25 Å². The minimum Gasteiger partial charge on any atom is -0.480 e. The largest absolute Gasteiger partial charge is 0.480 e. The first-order chi connectivity index (χ1) is 9.81. The summed E-state index contributed by atoms with van der Waals surface area (Å²) in [4.78, 5) is 10.8. The highest BCUT2D eigenvalue weighted by Crippen LogP contribution is 2.26. The highest BCUT2D eigenvalue weighted by molar-refractivity contribution is 7.94. The molecule has 0 saturated carbocycles. The second-order valence-corrected chi connectivity index (χ2v) is 6.45. The van der Waals surface area contributed by atoms with Gasteiger partial charge in [-0.3, -0.25) is 9.52 Å². The molecule has 1 aromatic carbocycles. The van der Waals surface area contributed by atoms with Gasteiger partial charge in [0, 0.05) is 0 Å². The average Bonchev–Trinajstić information content (AvgIpc) is 2.94. The lowest BCUT2D eigenvalue weighted by atomic mass is 10.3. The van der Waals surface area contributed by atoms with Crippen LogP contribution in [0, 0.1) is 0 Å². The van der Waals surface area contributed by atoms with Crippen molar-refractivity contribution in [3.05, 3.63) is 29.5 Å². The zero-order chi connectivity index (χ0) is 15.6. The lowest BCUT2D eigenvalue weighted by molar-refractivity contribution is -0.136. The maximum atomic E-state index is 11.9. The number of nitrogens with zero attached hydrogens (tertiary/aromatic N) is 4. The summed E-state index contributed by atoms with van der Waals surface area (Å²) < 4.78 is 27.2. The summed E-state index contributed by atoms with van der Waals surface area (Å²) in [5, 5.41) is 17.9. The van der Waals surface area contributed by atoms with Crippen molar-refractivity contribution in [3.63, 3.8) is 0 Å². The van der Waals surface area contributed by atoms with Gasteiger partial charge in [-0.05, 0) is 35.5 Å². The molecule has 0 fully saturated rings. The minimum absolute atomic E-state index is 0.0396. The topological polar surface area (TPSA) is 127 Å². The molecule has 0 bridgehead atoms. The Bertz CT molecular complexity index is 762. The first kappa shape index (κ1) is 15.2. The molecule has 0 spiro atoms. The quantitative estimate of drug-likeness (QED) is 0.818. The van der Waals surface area contributed by atoms with Crippen molar-refractivity contribution in [2.75, 3.05) is 4.72 Å². The van der Waals surface area contributed by atoms with E-state index < -0.39 is 21.2 Å². The fourth-order valence-electron chi connectivity index (χ4n) is 1.39. The van der Waals surface area contributed by atoms with Gasteiger partial charge in [-0.1, -0.05) is 11.6 Å². The Hall–Kier alpha value is -2.20. The number of aromatic nitrogens is 4. The Morgan fingerprint density at radius 1 is 1.48 bits per heavy atom. The van der Waals surface area contributed by atoms with E-state index in [1.807, 2.05) is 0 Å². The number of sulfonamides is 1. The molecule has 1 unspecified atom stereocenters. The van der Waals surface area contributed by atoms with Crippen LogP contribution in [0.3, 0.4) is 0 Å². The number of aliphatic carboxylic acids is 1. The molecule has 0 aliphatic carbocycles. The summed E-state index contributed by atoms with van der Waals surface area (Å²) in [6.45, 7) is 1.06. The molecule has 1 heterocycles. The number of carbonyl (C=O) groups is 1. The Kier molecular flexibility index (Phi) is 4.09. The molecule has 1 atom stereocenters. The van der Waals surface area contributed by atoms with E-state index in [9.17, 15) is 13.2 Å². The SMILES string of the molecule is CC(C(=O)O)S(=O)(=O)Nc1cc(-n2cnnn2)ccc1Cl. The van der Waals surface area contributed by atoms with Crippen molar-refractivity contribution in [2.45, 2.75) is 12.2 Å². The molecular formula is C10H10ClN5O4S. The van der Waals surface area contributed by atoms with Crippen molar-refractivity contribution in [1.82, 2.24) is 20.2 Å². The van der Waals surface area contributed by atoms with Crippen LogP contribution in [0.15, 0.2) is 24.5 Å². The predicted molar refractivity (Wildman–Crippen MR) is 73.8 cm³/mol. The summed E-state index contributed by atoms with van der Waals surface area (Å²) in [7, 11) is -4.12. The molecule has 1 aromatic heterocycles. The van der Waals surface area contributed by atoms with Crippen LogP contribution in [0.5, 0.6) is 0 Å². The fourth-order valence-corrected chi connectivity index (χ4v) is 2.53.